The van der Waals surface area contributed by atoms with E-state index in [0.717, 1.165) is 38.6 Å². The van der Waals surface area contributed by atoms with Gasteiger partial charge in [0.2, 0.25) is 5.91 Å². The Morgan fingerprint density at radius 3 is 2.50 bits per heavy atom. The predicted octanol–water partition coefficient (Wildman–Crippen LogP) is 0.960. The van der Waals surface area contributed by atoms with Crippen LogP contribution in [-0.2, 0) is 4.79 Å². The smallest absolute Gasteiger partial charge is 0.236 e. The molecule has 106 valence electrons. The summed E-state index contributed by atoms with van der Waals surface area (Å²) in [5.74, 6) is 1.11. The molecule has 2 heterocycles. The van der Waals surface area contributed by atoms with E-state index < -0.39 is 0 Å². The molecule has 0 aromatic heterocycles. The first-order valence-electron chi connectivity index (χ1n) is 6.89. The van der Waals surface area contributed by atoms with E-state index in [2.05, 4.69) is 29.0 Å². The third-order valence-corrected chi connectivity index (χ3v) is 4.11. The van der Waals surface area contributed by atoms with Crippen LogP contribution in [-0.4, -0.2) is 61.0 Å². The van der Waals surface area contributed by atoms with Gasteiger partial charge in [0.05, 0.1) is 6.54 Å². The molecule has 18 heavy (non-hydrogen) atoms. The number of hydrogen-bond acceptors (Lipinski definition) is 3. The maximum Gasteiger partial charge on any atom is 0.236 e. The number of carbonyl (C=O) groups excluding carboxylic acids is 1. The Bertz CT molecular complexity index is 267. The number of amides is 1. The largest absolute Gasteiger partial charge is 0.342 e. The summed E-state index contributed by atoms with van der Waals surface area (Å²) in [7, 11) is 0. The van der Waals surface area contributed by atoms with Crippen LogP contribution in [0.15, 0.2) is 0 Å². The van der Waals surface area contributed by atoms with Crippen LogP contribution in [0.5, 0.6) is 0 Å². The first-order chi connectivity index (χ1) is 8.16. The van der Waals surface area contributed by atoms with Gasteiger partial charge in [0.15, 0.2) is 0 Å². The van der Waals surface area contributed by atoms with Crippen molar-refractivity contribution in [1.82, 2.24) is 15.1 Å². The van der Waals surface area contributed by atoms with Crippen molar-refractivity contribution in [2.24, 2.45) is 5.92 Å². The van der Waals surface area contributed by atoms with Crippen LogP contribution >= 0.6 is 12.4 Å². The molecule has 0 unspecified atom stereocenters. The van der Waals surface area contributed by atoms with Gasteiger partial charge in [-0.3, -0.25) is 9.69 Å². The molecule has 0 aromatic carbocycles. The second kappa shape index (κ2) is 7.31. The van der Waals surface area contributed by atoms with Gasteiger partial charge in [-0.05, 0) is 25.7 Å². The average Bonchev–Trinajstić information content (AvgIpc) is 2.33. The third-order valence-electron chi connectivity index (χ3n) is 4.11. The summed E-state index contributed by atoms with van der Waals surface area (Å²) in [6, 6.07) is 0.483. The number of piperazine rings is 1. The van der Waals surface area contributed by atoms with Gasteiger partial charge in [0.1, 0.15) is 0 Å². The fourth-order valence-electron chi connectivity index (χ4n) is 2.65. The molecule has 0 spiro atoms. The number of carbonyl (C=O) groups is 1. The van der Waals surface area contributed by atoms with Crippen molar-refractivity contribution in [3.05, 3.63) is 0 Å². The average molecular weight is 276 g/mol. The van der Waals surface area contributed by atoms with E-state index in [9.17, 15) is 4.79 Å². The zero-order chi connectivity index (χ0) is 12.3. The Morgan fingerprint density at radius 2 is 1.89 bits per heavy atom. The first kappa shape index (κ1) is 15.7. The molecule has 5 heteroatoms. The van der Waals surface area contributed by atoms with Gasteiger partial charge >= 0.3 is 0 Å². The summed E-state index contributed by atoms with van der Waals surface area (Å²) >= 11 is 0. The van der Waals surface area contributed by atoms with E-state index in [0.29, 0.717) is 18.5 Å². The quantitative estimate of drug-likeness (QED) is 0.816. The van der Waals surface area contributed by atoms with Gasteiger partial charge in [-0.1, -0.05) is 6.92 Å². The highest BCUT2D eigenvalue weighted by Gasteiger charge is 2.25. The van der Waals surface area contributed by atoms with E-state index in [-0.39, 0.29) is 12.4 Å². The number of likely N-dealkylation sites (tertiary alicyclic amines) is 1. The molecule has 1 atom stereocenters. The Hall–Kier alpha value is -0.320. The van der Waals surface area contributed by atoms with Crippen LogP contribution in [0.2, 0.25) is 0 Å². The monoisotopic (exact) mass is 275 g/mol. The summed E-state index contributed by atoms with van der Waals surface area (Å²) in [6.07, 6.45) is 2.34. The zero-order valence-corrected chi connectivity index (χ0v) is 12.3. The summed E-state index contributed by atoms with van der Waals surface area (Å²) in [6.45, 7) is 10.0. The second-order valence-electron chi connectivity index (χ2n) is 5.59. The number of halogens is 1. The molecule has 4 nitrogen and oxygen atoms in total. The number of nitrogens with one attached hydrogen (secondary N) is 1. The van der Waals surface area contributed by atoms with Crippen LogP contribution in [0.25, 0.3) is 0 Å². The minimum Gasteiger partial charge on any atom is -0.342 e. The molecule has 0 bridgehead atoms. The highest BCUT2D eigenvalue weighted by molar-refractivity contribution is 5.85. The Kier molecular flexibility index (Phi) is 6.39. The molecule has 2 rings (SSSR count). The van der Waals surface area contributed by atoms with E-state index in [1.165, 1.54) is 12.8 Å². The SMILES string of the molecule is CC1CCN(C(=O)CN2CCNC[C@@H]2C)CC1.Cl. The van der Waals surface area contributed by atoms with Crippen molar-refractivity contribution in [3.8, 4) is 0 Å². The highest BCUT2D eigenvalue weighted by atomic mass is 35.5. The Labute approximate surface area is 116 Å². The van der Waals surface area contributed by atoms with E-state index >= 15 is 0 Å². The van der Waals surface area contributed by atoms with Crippen LogP contribution < -0.4 is 5.32 Å². The normalized spacial score (nSPS) is 26.8. The first-order valence-corrected chi connectivity index (χ1v) is 6.89. The number of hydrogen-bond donors (Lipinski definition) is 1. The summed E-state index contributed by atoms with van der Waals surface area (Å²) < 4.78 is 0. The molecular formula is C13H26ClN3O. The van der Waals surface area contributed by atoms with Gasteiger partial charge in [0.25, 0.3) is 0 Å². The van der Waals surface area contributed by atoms with Crippen LogP contribution in [0.4, 0.5) is 0 Å². The molecule has 0 radical (unpaired) electrons. The topological polar surface area (TPSA) is 35.6 Å². The molecule has 0 aromatic rings. The van der Waals surface area contributed by atoms with Crippen molar-refractivity contribution < 1.29 is 4.79 Å². The van der Waals surface area contributed by atoms with Crippen LogP contribution in [0.1, 0.15) is 26.7 Å². The van der Waals surface area contributed by atoms with Gasteiger partial charge in [0, 0.05) is 38.8 Å². The van der Waals surface area contributed by atoms with Gasteiger partial charge in [-0.2, -0.15) is 0 Å². The molecule has 1 N–H and O–H groups in total. The predicted molar refractivity (Wildman–Crippen MR) is 76.1 cm³/mol. The lowest BCUT2D eigenvalue weighted by molar-refractivity contribution is -0.134. The standard InChI is InChI=1S/C13H25N3O.ClH/c1-11-3-6-15(7-4-11)13(17)10-16-8-5-14-9-12(16)2;/h11-12,14H,3-10H2,1-2H3;1H/t12-;/m0./s1. The van der Waals surface area contributed by atoms with Gasteiger partial charge < -0.3 is 10.2 Å². The minimum absolute atomic E-state index is 0. The van der Waals surface area contributed by atoms with Crippen molar-refractivity contribution in [3.63, 3.8) is 0 Å². The second-order valence-corrected chi connectivity index (χ2v) is 5.59. The summed E-state index contributed by atoms with van der Waals surface area (Å²) in [5.41, 5.74) is 0. The third kappa shape index (κ3) is 4.11. The maximum atomic E-state index is 12.2. The Balaban J connectivity index is 0.00000162. The lowest BCUT2D eigenvalue weighted by Gasteiger charge is -2.36. The van der Waals surface area contributed by atoms with E-state index in [4.69, 9.17) is 0 Å². The molecule has 2 aliphatic heterocycles. The molecule has 2 fully saturated rings. The van der Waals surface area contributed by atoms with Gasteiger partial charge in [-0.15, -0.1) is 12.4 Å². The van der Waals surface area contributed by atoms with Crippen molar-refractivity contribution >= 4 is 18.3 Å². The lowest BCUT2D eigenvalue weighted by Crippen LogP contribution is -2.53. The molecule has 1 amide bonds. The van der Waals surface area contributed by atoms with E-state index in [1.807, 2.05) is 0 Å². The number of rotatable bonds is 2. The fourth-order valence-corrected chi connectivity index (χ4v) is 2.65. The molecule has 0 aliphatic carbocycles. The highest BCUT2D eigenvalue weighted by Crippen LogP contribution is 2.16. The molecule has 2 aliphatic rings. The zero-order valence-electron chi connectivity index (χ0n) is 11.5. The van der Waals surface area contributed by atoms with Crippen LogP contribution in [0, 0.1) is 5.92 Å². The van der Waals surface area contributed by atoms with Gasteiger partial charge in [-0.25, -0.2) is 0 Å². The number of nitrogens with zero attached hydrogens (tertiary/aromatic N) is 2. The molecular weight excluding hydrogens is 250 g/mol. The van der Waals surface area contributed by atoms with Crippen LogP contribution in [0.3, 0.4) is 0 Å². The number of piperidine rings is 1. The fraction of sp³-hybridized carbons (Fsp3) is 0.923. The molecule has 2 saturated heterocycles. The molecule has 0 saturated carbocycles. The van der Waals surface area contributed by atoms with Crippen molar-refractivity contribution in [2.45, 2.75) is 32.7 Å². The Morgan fingerprint density at radius 1 is 1.22 bits per heavy atom. The minimum atomic E-state index is 0. The van der Waals surface area contributed by atoms with E-state index in [1.54, 1.807) is 0 Å². The maximum absolute atomic E-state index is 12.2. The van der Waals surface area contributed by atoms with Crippen molar-refractivity contribution in [1.29, 1.82) is 0 Å². The summed E-state index contributed by atoms with van der Waals surface area (Å²) in [5, 5.41) is 3.36. The van der Waals surface area contributed by atoms with Crippen molar-refractivity contribution in [2.75, 3.05) is 39.3 Å². The lowest BCUT2D eigenvalue weighted by atomic mass is 9.99. The summed E-state index contributed by atoms with van der Waals surface area (Å²) in [4.78, 5) is 16.5.